The Hall–Kier alpha value is -2.81. The summed E-state index contributed by atoms with van der Waals surface area (Å²) in [5, 5.41) is 0.152. The molecule has 27 heavy (non-hydrogen) atoms. The molecule has 0 fully saturated rings. The largest absolute Gasteiger partial charge is 0.465 e. The van der Waals surface area contributed by atoms with Gasteiger partial charge in [-0.15, -0.1) is 0 Å². The predicted molar refractivity (Wildman–Crippen MR) is 100 cm³/mol. The van der Waals surface area contributed by atoms with Crippen molar-refractivity contribution in [3.63, 3.8) is 0 Å². The Morgan fingerprint density at radius 2 is 2.04 bits per heavy atom. The van der Waals surface area contributed by atoms with Crippen LogP contribution < -0.4 is 11.2 Å². The van der Waals surface area contributed by atoms with E-state index in [2.05, 4.69) is 20.9 Å². The molecule has 0 aliphatic heterocycles. The molecule has 0 N–H and O–H groups in total. The van der Waals surface area contributed by atoms with E-state index in [-0.39, 0.29) is 29.7 Å². The van der Waals surface area contributed by atoms with Gasteiger partial charge in [0.25, 0.3) is 5.56 Å². The van der Waals surface area contributed by atoms with E-state index in [9.17, 15) is 18.8 Å². The van der Waals surface area contributed by atoms with Crippen molar-refractivity contribution in [1.82, 2.24) is 14.1 Å². The first-order chi connectivity index (χ1) is 12.9. The summed E-state index contributed by atoms with van der Waals surface area (Å²) in [5.74, 6) is -1.22. The smallest absolute Gasteiger partial charge is 0.333 e. The Labute approximate surface area is 161 Å². The molecule has 2 aromatic heterocycles. The number of pyridine rings is 1. The molecular weight excluding hydrogens is 421 g/mol. The van der Waals surface area contributed by atoms with Crippen LogP contribution in [0.3, 0.4) is 0 Å². The van der Waals surface area contributed by atoms with Crippen LogP contribution in [0.5, 0.6) is 0 Å². The minimum Gasteiger partial charge on any atom is -0.465 e. The summed E-state index contributed by atoms with van der Waals surface area (Å²) in [6, 6.07) is 7.51. The van der Waals surface area contributed by atoms with Gasteiger partial charge in [0.1, 0.15) is 18.0 Å². The van der Waals surface area contributed by atoms with Crippen LogP contribution in [0.15, 0.2) is 50.6 Å². The minimum atomic E-state index is -0.762. The van der Waals surface area contributed by atoms with Crippen molar-refractivity contribution in [2.24, 2.45) is 0 Å². The summed E-state index contributed by atoms with van der Waals surface area (Å²) >= 11 is 3.18. The van der Waals surface area contributed by atoms with E-state index in [4.69, 9.17) is 4.74 Å². The summed E-state index contributed by atoms with van der Waals surface area (Å²) in [6.45, 7) is 1.08. The van der Waals surface area contributed by atoms with Crippen LogP contribution in [-0.4, -0.2) is 26.7 Å². The van der Waals surface area contributed by atoms with Gasteiger partial charge in [0.15, 0.2) is 0 Å². The molecule has 0 aliphatic rings. The first kappa shape index (κ1) is 19.0. The van der Waals surface area contributed by atoms with Crippen molar-refractivity contribution >= 4 is 32.9 Å². The summed E-state index contributed by atoms with van der Waals surface area (Å²) in [5.41, 5.74) is -1.05. The number of ether oxygens (including phenoxy) is 1. The second kappa shape index (κ2) is 7.83. The van der Waals surface area contributed by atoms with Gasteiger partial charge in [0.2, 0.25) is 0 Å². The molecule has 0 atom stereocenters. The fraction of sp³-hybridized carbons (Fsp3) is 0.222. The Morgan fingerprint density at radius 1 is 1.26 bits per heavy atom. The molecule has 3 rings (SSSR count). The van der Waals surface area contributed by atoms with Gasteiger partial charge < -0.3 is 4.74 Å². The highest BCUT2D eigenvalue weighted by Gasteiger charge is 2.17. The van der Waals surface area contributed by atoms with E-state index in [1.165, 1.54) is 29.0 Å². The quantitative estimate of drug-likeness (QED) is 0.572. The number of rotatable bonds is 5. The van der Waals surface area contributed by atoms with Gasteiger partial charge in [-0.1, -0.05) is 22.0 Å². The molecule has 0 amide bonds. The SMILES string of the molecule is CCOC(=O)Cn1c(=O)c2cccnc2n(Cc2ccc(Br)cc2F)c1=O. The maximum atomic E-state index is 14.2. The fourth-order valence-electron chi connectivity index (χ4n) is 2.69. The molecule has 1 aromatic carbocycles. The van der Waals surface area contributed by atoms with Crippen molar-refractivity contribution in [3.8, 4) is 0 Å². The summed E-state index contributed by atoms with van der Waals surface area (Å²) in [4.78, 5) is 41.4. The number of carbonyl (C=O) groups excluding carboxylic acids is 1. The minimum absolute atomic E-state index is 0.120. The van der Waals surface area contributed by atoms with E-state index < -0.39 is 29.6 Å². The number of nitrogens with zero attached hydrogens (tertiary/aromatic N) is 3. The fourth-order valence-corrected chi connectivity index (χ4v) is 3.02. The first-order valence-electron chi connectivity index (χ1n) is 8.10. The third-order valence-electron chi connectivity index (χ3n) is 3.92. The monoisotopic (exact) mass is 435 g/mol. The Balaban J connectivity index is 2.20. The Bertz CT molecular complexity index is 1140. The van der Waals surface area contributed by atoms with Crippen molar-refractivity contribution in [2.45, 2.75) is 20.0 Å². The molecule has 0 radical (unpaired) electrons. The van der Waals surface area contributed by atoms with E-state index in [0.717, 1.165) is 4.57 Å². The molecule has 0 spiro atoms. The van der Waals surface area contributed by atoms with Crippen LogP contribution >= 0.6 is 15.9 Å². The highest BCUT2D eigenvalue weighted by atomic mass is 79.9. The second-order valence-corrected chi connectivity index (χ2v) is 6.59. The van der Waals surface area contributed by atoms with E-state index >= 15 is 0 Å². The highest BCUT2D eigenvalue weighted by Crippen LogP contribution is 2.17. The van der Waals surface area contributed by atoms with Crippen LogP contribution in [-0.2, 0) is 22.6 Å². The standard InChI is InChI=1S/C18H15BrFN3O4/c1-2-27-15(24)10-23-17(25)13-4-3-7-21-16(13)22(18(23)26)9-11-5-6-12(19)8-14(11)20/h3-8H,2,9-10H2,1H3. The van der Waals surface area contributed by atoms with Gasteiger partial charge in [0.05, 0.1) is 18.5 Å². The van der Waals surface area contributed by atoms with Crippen molar-refractivity contribution in [3.05, 3.63) is 73.2 Å². The number of benzene rings is 1. The molecule has 3 aromatic rings. The number of carbonyl (C=O) groups is 1. The lowest BCUT2D eigenvalue weighted by Crippen LogP contribution is -2.42. The van der Waals surface area contributed by atoms with Gasteiger partial charge in [-0.3, -0.25) is 14.2 Å². The average molecular weight is 436 g/mol. The number of esters is 1. The van der Waals surface area contributed by atoms with Gasteiger partial charge in [0, 0.05) is 16.2 Å². The lowest BCUT2D eigenvalue weighted by molar-refractivity contribution is -0.143. The molecule has 0 saturated heterocycles. The summed E-state index contributed by atoms with van der Waals surface area (Å²) in [7, 11) is 0. The molecule has 0 unspecified atom stereocenters. The van der Waals surface area contributed by atoms with E-state index in [1.54, 1.807) is 19.1 Å². The number of aromatic nitrogens is 3. The summed E-state index contributed by atoms with van der Waals surface area (Å²) < 4.78 is 21.6. The molecule has 7 nitrogen and oxygen atoms in total. The zero-order valence-electron chi connectivity index (χ0n) is 14.3. The van der Waals surface area contributed by atoms with Gasteiger partial charge in [-0.25, -0.2) is 18.7 Å². The van der Waals surface area contributed by atoms with Crippen LogP contribution in [0.2, 0.25) is 0 Å². The maximum Gasteiger partial charge on any atom is 0.333 e. The predicted octanol–water partition coefficient (Wildman–Crippen LogP) is 2.07. The van der Waals surface area contributed by atoms with Crippen LogP contribution in [0, 0.1) is 5.82 Å². The highest BCUT2D eigenvalue weighted by molar-refractivity contribution is 9.10. The molecule has 0 saturated carbocycles. The van der Waals surface area contributed by atoms with Gasteiger partial charge >= 0.3 is 11.7 Å². The Morgan fingerprint density at radius 3 is 2.74 bits per heavy atom. The van der Waals surface area contributed by atoms with Gasteiger partial charge in [-0.05, 0) is 31.2 Å². The number of halogens is 2. The third kappa shape index (κ3) is 3.82. The number of hydrogen-bond donors (Lipinski definition) is 0. The van der Waals surface area contributed by atoms with Crippen molar-refractivity contribution < 1.29 is 13.9 Å². The van der Waals surface area contributed by atoms with Crippen LogP contribution in [0.25, 0.3) is 11.0 Å². The number of hydrogen-bond acceptors (Lipinski definition) is 5. The third-order valence-corrected chi connectivity index (χ3v) is 4.41. The molecular formula is C18H15BrFN3O4. The van der Waals surface area contributed by atoms with E-state index in [1.807, 2.05) is 0 Å². The maximum absolute atomic E-state index is 14.2. The normalized spacial score (nSPS) is 10.9. The van der Waals surface area contributed by atoms with Crippen LogP contribution in [0.1, 0.15) is 12.5 Å². The van der Waals surface area contributed by atoms with Crippen molar-refractivity contribution in [1.29, 1.82) is 0 Å². The average Bonchev–Trinajstić information content (AvgIpc) is 2.64. The zero-order valence-corrected chi connectivity index (χ0v) is 15.9. The van der Waals surface area contributed by atoms with E-state index in [0.29, 0.717) is 4.47 Å². The van der Waals surface area contributed by atoms with Crippen molar-refractivity contribution in [2.75, 3.05) is 6.61 Å². The second-order valence-electron chi connectivity index (χ2n) is 5.68. The Kier molecular flexibility index (Phi) is 5.50. The summed E-state index contributed by atoms with van der Waals surface area (Å²) in [6.07, 6.45) is 1.44. The first-order valence-corrected chi connectivity index (χ1v) is 8.89. The van der Waals surface area contributed by atoms with Crippen LogP contribution in [0.4, 0.5) is 4.39 Å². The molecule has 9 heteroatoms. The molecule has 0 aliphatic carbocycles. The molecule has 2 heterocycles. The topological polar surface area (TPSA) is 83.2 Å². The molecule has 140 valence electrons. The lowest BCUT2D eigenvalue weighted by Gasteiger charge is -2.13. The zero-order chi connectivity index (χ0) is 19.6. The van der Waals surface area contributed by atoms with Gasteiger partial charge in [-0.2, -0.15) is 0 Å². The lowest BCUT2D eigenvalue weighted by atomic mass is 10.2. The molecule has 0 bridgehead atoms. The number of fused-ring (bicyclic) bond motifs is 1.